The normalized spacial score (nSPS) is 11.8. The van der Waals surface area contributed by atoms with Crippen LogP contribution in [0.25, 0.3) is 0 Å². The Balaban J connectivity index is 1.83. The molecule has 25 heavy (non-hydrogen) atoms. The third kappa shape index (κ3) is 4.57. The average molecular weight is 329 g/mol. The summed E-state index contributed by atoms with van der Waals surface area (Å²) in [5, 5.41) is 3.51. The number of Topliss-reactive ketones (excluding diaryl/α,β-unsaturated/α-hetero) is 1. The zero-order valence-electron chi connectivity index (χ0n) is 14.7. The Bertz CT molecular complexity index is 820. The molecule has 1 atom stereocenters. The number of benzene rings is 3. The van der Waals surface area contributed by atoms with E-state index in [1.54, 1.807) is 0 Å². The molecule has 1 unspecified atom stereocenters. The molecule has 0 aliphatic rings. The van der Waals surface area contributed by atoms with Gasteiger partial charge in [-0.05, 0) is 31.5 Å². The maximum Gasteiger partial charge on any atom is 0.165 e. The van der Waals surface area contributed by atoms with Crippen molar-refractivity contribution in [1.82, 2.24) is 0 Å². The SMILES string of the molecule is Cc1ccc(C(=O)CC(Nc2ccccc2)c2ccc(C)cc2)cc1. The van der Waals surface area contributed by atoms with Gasteiger partial charge in [0.05, 0.1) is 6.04 Å². The van der Waals surface area contributed by atoms with E-state index in [-0.39, 0.29) is 11.8 Å². The lowest BCUT2D eigenvalue weighted by Crippen LogP contribution is -2.16. The number of hydrogen-bond acceptors (Lipinski definition) is 2. The Morgan fingerprint density at radius 3 is 1.96 bits per heavy atom. The van der Waals surface area contributed by atoms with E-state index in [1.807, 2.05) is 61.5 Å². The molecule has 2 nitrogen and oxygen atoms in total. The molecule has 0 spiro atoms. The van der Waals surface area contributed by atoms with Crippen LogP contribution in [-0.4, -0.2) is 5.78 Å². The van der Waals surface area contributed by atoms with Crippen molar-refractivity contribution in [2.45, 2.75) is 26.3 Å². The summed E-state index contributed by atoms with van der Waals surface area (Å²) in [6.07, 6.45) is 0.418. The molecule has 3 aromatic rings. The molecular weight excluding hydrogens is 306 g/mol. The first-order valence-corrected chi connectivity index (χ1v) is 8.60. The summed E-state index contributed by atoms with van der Waals surface area (Å²) in [4.78, 5) is 12.8. The van der Waals surface area contributed by atoms with Crippen LogP contribution in [0.5, 0.6) is 0 Å². The van der Waals surface area contributed by atoms with E-state index in [4.69, 9.17) is 0 Å². The number of para-hydroxylation sites is 1. The van der Waals surface area contributed by atoms with Crippen LogP contribution in [0.1, 0.15) is 39.5 Å². The minimum absolute atomic E-state index is 0.0585. The van der Waals surface area contributed by atoms with Gasteiger partial charge in [0.1, 0.15) is 0 Å². The highest BCUT2D eigenvalue weighted by Crippen LogP contribution is 2.25. The van der Waals surface area contributed by atoms with Crippen LogP contribution in [0.4, 0.5) is 5.69 Å². The second-order valence-electron chi connectivity index (χ2n) is 6.47. The number of carbonyl (C=O) groups is 1. The highest BCUT2D eigenvalue weighted by atomic mass is 16.1. The lowest BCUT2D eigenvalue weighted by atomic mass is 9.96. The number of aryl methyl sites for hydroxylation is 2. The molecule has 0 saturated heterocycles. The van der Waals surface area contributed by atoms with Crippen molar-refractivity contribution in [2.24, 2.45) is 0 Å². The Labute approximate surface area is 149 Å². The summed E-state index contributed by atoms with van der Waals surface area (Å²) in [5.74, 6) is 0.147. The molecule has 3 aromatic carbocycles. The molecule has 1 N–H and O–H groups in total. The molecule has 0 fully saturated rings. The molecule has 0 aliphatic heterocycles. The van der Waals surface area contributed by atoms with Gasteiger partial charge in [0.25, 0.3) is 0 Å². The first-order valence-electron chi connectivity index (χ1n) is 8.60. The van der Waals surface area contributed by atoms with Gasteiger partial charge < -0.3 is 5.32 Å². The van der Waals surface area contributed by atoms with Crippen LogP contribution in [0.2, 0.25) is 0 Å². The van der Waals surface area contributed by atoms with E-state index in [0.29, 0.717) is 6.42 Å². The van der Waals surface area contributed by atoms with Crippen molar-refractivity contribution in [1.29, 1.82) is 0 Å². The quantitative estimate of drug-likeness (QED) is 0.585. The van der Waals surface area contributed by atoms with Crippen LogP contribution in [0.15, 0.2) is 78.9 Å². The third-order valence-electron chi connectivity index (χ3n) is 4.36. The van der Waals surface area contributed by atoms with Crippen LogP contribution in [0, 0.1) is 13.8 Å². The maximum atomic E-state index is 12.8. The van der Waals surface area contributed by atoms with Crippen molar-refractivity contribution >= 4 is 11.5 Å². The van der Waals surface area contributed by atoms with Gasteiger partial charge in [0.2, 0.25) is 0 Å². The van der Waals surface area contributed by atoms with Gasteiger partial charge in [-0.1, -0.05) is 77.9 Å². The minimum atomic E-state index is -0.0585. The lowest BCUT2D eigenvalue weighted by molar-refractivity contribution is 0.0976. The van der Waals surface area contributed by atoms with Crippen LogP contribution in [-0.2, 0) is 0 Å². The summed E-state index contributed by atoms with van der Waals surface area (Å²) in [6.45, 7) is 4.10. The van der Waals surface area contributed by atoms with Crippen LogP contribution >= 0.6 is 0 Å². The summed E-state index contributed by atoms with van der Waals surface area (Å²) in [5.41, 5.74) is 5.28. The third-order valence-corrected chi connectivity index (χ3v) is 4.36. The molecule has 0 bridgehead atoms. The minimum Gasteiger partial charge on any atom is -0.378 e. The number of hydrogen-bond donors (Lipinski definition) is 1. The van der Waals surface area contributed by atoms with Gasteiger partial charge >= 0.3 is 0 Å². The Morgan fingerprint density at radius 2 is 1.36 bits per heavy atom. The fraction of sp³-hybridized carbons (Fsp3) is 0.174. The Hall–Kier alpha value is -2.87. The van der Waals surface area contributed by atoms with E-state index >= 15 is 0 Å². The molecule has 0 aromatic heterocycles. The molecule has 2 heteroatoms. The second kappa shape index (κ2) is 7.80. The monoisotopic (exact) mass is 329 g/mol. The molecule has 0 aliphatic carbocycles. The standard InChI is InChI=1S/C23H23NO/c1-17-8-12-19(13-9-17)22(24-21-6-4-3-5-7-21)16-23(25)20-14-10-18(2)11-15-20/h3-15,22,24H,16H2,1-2H3. The zero-order chi connectivity index (χ0) is 17.6. The topological polar surface area (TPSA) is 29.1 Å². The van der Waals surface area contributed by atoms with Crippen molar-refractivity contribution in [2.75, 3.05) is 5.32 Å². The predicted octanol–water partition coefficient (Wildman–Crippen LogP) is 5.73. The maximum absolute atomic E-state index is 12.8. The summed E-state index contributed by atoms with van der Waals surface area (Å²) < 4.78 is 0. The van der Waals surface area contributed by atoms with E-state index in [1.165, 1.54) is 5.56 Å². The molecule has 0 saturated carbocycles. The van der Waals surface area contributed by atoms with Crippen LogP contribution in [0.3, 0.4) is 0 Å². The predicted molar refractivity (Wildman–Crippen MR) is 104 cm³/mol. The second-order valence-corrected chi connectivity index (χ2v) is 6.47. The molecular formula is C23H23NO. The molecule has 126 valence electrons. The van der Waals surface area contributed by atoms with E-state index in [9.17, 15) is 4.79 Å². The number of carbonyl (C=O) groups excluding carboxylic acids is 1. The smallest absolute Gasteiger partial charge is 0.165 e. The molecule has 3 rings (SSSR count). The van der Waals surface area contributed by atoms with Crippen molar-refractivity contribution < 1.29 is 4.79 Å². The summed E-state index contributed by atoms with van der Waals surface area (Å²) in [7, 11) is 0. The zero-order valence-corrected chi connectivity index (χ0v) is 14.7. The van der Waals surface area contributed by atoms with Gasteiger partial charge in [0, 0.05) is 17.7 Å². The number of nitrogens with one attached hydrogen (secondary N) is 1. The highest BCUT2D eigenvalue weighted by molar-refractivity contribution is 5.96. The first kappa shape index (κ1) is 17.0. The van der Waals surface area contributed by atoms with E-state index < -0.39 is 0 Å². The average Bonchev–Trinajstić information content (AvgIpc) is 2.63. The summed E-state index contributed by atoms with van der Waals surface area (Å²) in [6, 6.07) is 26.1. The van der Waals surface area contributed by atoms with Crippen molar-refractivity contribution in [3.63, 3.8) is 0 Å². The van der Waals surface area contributed by atoms with Gasteiger partial charge in [-0.25, -0.2) is 0 Å². The largest absolute Gasteiger partial charge is 0.378 e. The number of rotatable bonds is 6. The van der Waals surface area contributed by atoms with Gasteiger partial charge in [-0.15, -0.1) is 0 Å². The van der Waals surface area contributed by atoms with Crippen molar-refractivity contribution in [3.05, 3.63) is 101 Å². The van der Waals surface area contributed by atoms with Gasteiger partial charge in [0.15, 0.2) is 5.78 Å². The first-order chi connectivity index (χ1) is 12.1. The summed E-state index contributed by atoms with van der Waals surface area (Å²) >= 11 is 0. The molecule has 0 heterocycles. The lowest BCUT2D eigenvalue weighted by Gasteiger charge is -2.20. The Morgan fingerprint density at radius 1 is 0.800 bits per heavy atom. The van der Waals surface area contributed by atoms with Crippen LogP contribution < -0.4 is 5.32 Å². The number of anilines is 1. The van der Waals surface area contributed by atoms with Crippen molar-refractivity contribution in [3.8, 4) is 0 Å². The molecule has 0 radical (unpaired) electrons. The number of ketones is 1. The van der Waals surface area contributed by atoms with Gasteiger partial charge in [-0.3, -0.25) is 4.79 Å². The Kier molecular flexibility index (Phi) is 5.30. The van der Waals surface area contributed by atoms with E-state index in [2.05, 4.69) is 36.5 Å². The van der Waals surface area contributed by atoms with E-state index in [0.717, 1.165) is 22.4 Å². The van der Waals surface area contributed by atoms with Gasteiger partial charge in [-0.2, -0.15) is 0 Å². The fourth-order valence-corrected chi connectivity index (χ4v) is 2.83. The fourth-order valence-electron chi connectivity index (χ4n) is 2.83. The molecule has 0 amide bonds. The highest BCUT2D eigenvalue weighted by Gasteiger charge is 2.17.